The highest BCUT2D eigenvalue weighted by molar-refractivity contribution is 7.14. The molecular weight excluding hydrogens is 383 g/mol. The minimum Gasteiger partial charge on any atom is -0.337 e. The summed E-state index contributed by atoms with van der Waals surface area (Å²) in [4.78, 5) is 19.9. The number of piperidine rings is 1. The number of aryl methyl sites for hydroxylation is 2. The number of nitrogens with zero attached hydrogens (tertiary/aromatic N) is 4. The lowest BCUT2D eigenvalue weighted by molar-refractivity contribution is 0.0711. The van der Waals surface area contributed by atoms with Crippen molar-refractivity contribution in [1.82, 2.24) is 20.1 Å². The summed E-state index contributed by atoms with van der Waals surface area (Å²) in [5.41, 5.74) is 1.27. The van der Waals surface area contributed by atoms with Crippen LogP contribution in [0.1, 0.15) is 44.1 Å². The Balaban J connectivity index is 1.53. The van der Waals surface area contributed by atoms with Crippen molar-refractivity contribution < 1.29 is 9.18 Å². The van der Waals surface area contributed by atoms with Gasteiger partial charge in [0.05, 0.1) is 10.7 Å². The summed E-state index contributed by atoms with van der Waals surface area (Å²) in [6.07, 6.45) is 1.87. The molecule has 0 spiro atoms. The van der Waals surface area contributed by atoms with Gasteiger partial charge in [-0.15, -0.1) is 21.5 Å². The zero-order valence-corrected chi connectivity index (χ0v) is 16.7. The van der Waals surface area contributed by atoms with Gasteiger partial charge in [-0.2, -0.15) is 0 Å². The zero-order valence-electron chi connectivity index (χ0n) is 15.1. The molecule has 1 amide bonds. The van der Waals surface area contributed by atoms with E-state index in [0.29, 0.717) is 17.1 Å². The van der Waals surface area contributed by atoms with E-state index in [1.807, 2.05) is 18.7 Å². The topological polar surface area (TPSA) is 59.0 Å². The van der Waals surface area contributed by atoms with E-state index in [9.17, 15) is 9.18 Å². The fourth-order valence-corrected chi connectivity index (χ4v) is 5.26. The van der Waals surface area contributed by atoms with Gasteiger partial charge in [0.2, 0.25) is 0 Å². The second-order valence-electron chi connectivity index (χ2n) is 6.66. The summed E-state index contributed by atoms with van der Waals surface area (Å²) in [5.74, 6) is -0.117. The van der Waals surface area contributed by atoms with Crippen molar-refractivity contribution in [3.63, 3.8) is 0 Å². The molecule has 1 aromatic carbocycles. The Hall–Kier alpha value is -2.19. The van der Waals surface area contributed by atoms with Crippen LogP contribution in [0, 0.1) is 19.7 Å². The van der Waals surface area contributed by atoms with E-state index in [1.54, 1.807) is 18.2 Å². The number of carbonyl (C=O) groups is 1. The molecule has 1 atom stereocenters. The van der Waals surface area contributed by atoms with Gasteiger partial charge in [0, 0.05) is 24.6 Å². The third kappa shape index (κ3) is 3.64. The third-order valence-corrected chi connectivity index (χ3v) is 6.88. The minimum atomic E-state index is -0.295. The first kappa shape index (κ1) is 18.2. The molecule has 3 aromatic rings. The van der Waals surface area contributed by atoms with Crippen molar-refractivity contribution in [2.45, 2.75) is 32.6 Å². The Kier molecular flexibility index (Phi) is 5.01. The number of hydrogen-bond acceptors (Lipinski definition) is 6. The Bertz CT molecular complexity index is 984. The van der Waals surface area contributed by atoms with E-state index in [2.05, 4.69) is 15.2 Å². The van der Waals surface area contributed by atoms with Crippen LogP contribution in [0.3, 0.4) is 0 Å². The Morgan fingerprint density at radius 2 is 2.04 bits per heavy atom. The largest absolute Gasteiger partial charge is 0.337 e. The minimum absolute atomic E-state index is 0.0432. The van der Waals surface area contributed by atoms with Gasteiger partial charge in [-0.05, 0) is 38.8 Å². The van der Waals surface area contributed by atoms with Crippen LogP contribution in [-0.2, 0) is 0 Å². The van der Waals surface area contributed by atoms with Crippen molar-refractivity contribution >= 4 is 28.6 Å². The van der Waals surface area contributed by atoms with E-state index < -0.39 is 0 Å². The quantitative estimate of drug-likeness (QED) is 0.650. The number of benzene rings is 1. The molecule has 1 aliphatic heterocycles. The van der Waals surface area contributed by atoms with Gasteiger partial charge in [0.1, 0.15) is 15.7 Å². The molecule has 3 heterocycles. The summed E-state index contributed by atoms with van der Waals surface area (Å²) >= 11 is 2.86. The summed E-state index contributed by atoms with van der Waals surface area (Å²) < 4.78 is 14.0. The normalized spacial score (nSPS) is 17.3. The number of rotatable bonds is 3. The highest BCUT2D eigenvalue weighted by Gasteiger charge is 2.29. The molecule has 0 N–H and O–H groups in total. The van der Waals surface area contributed by atoms with Gasteiger partial charge in [-0.1, -0.05) is 23.5 Å². The lowest BCUT2D eigenvalue weighted by atomic mass is 9.98. The first-order valence-electron chi connectivity index (χ1n) is 8.84. The second-order valence-corrected chi connectivity index (χ2v) is 8.88. The van der Waals surface area contributed by atoms with Crippen molar-refractivity contribution in [1.29, 1.82) is 0 Å². The van der Waals surface area contributed by atoms with Gasteiger partial charge in [0.15, 0.2) is 5.01 Å². The molecule has 0 unspecified atom stereocenters. The number of amides is 1. The molecule has 5 nitrogen and oxygen atoms in total. The summed E-state index contributed by atoms with van der Waals surface area (Å²) in [6.45, 7) is 5.15. The molecule has 140 valence electrons. The van der Waals surface area contributed by atoms with Crippen LogP contribution in [0.4, 0.5) is 4.39 Å². The molecule has 4 rings (SSSR count). The van der Waals surface area contributed by atoms with Crippen LogP contribution in [0.25, 0.3) is 10.6 Å². The first-order chi connectivity index (χ1) is 13.0. The summed E-state index contributed by atoms with van der Waals surface area (Å²) in [6, 6.07) is 6.59. The standard InChI is InChI=1S/C19H19FN4OS2/c1-11-16(26-12(2)21-11)19(25)24-9-5-6-13(10-24)17-22-23-18(27-17)14-7-3-4-8-15(14)20/h3-4,7-8,13H,5-6,9-10H2,1-2H3/t13-/m0/s1. The second kappa shape index (κ2) is 7.44. The maximum absolute atomic E-state index is 14.0. The van der Waals surface area contributed by atoms with Crippen molar-refractivity contribution in [2.75, 3.05) is 13.1 Å². The van der Waals surface area contributed by atoms with Crippen LogP contribution >= 0.6 is 22.7 Å². The zero-order chi connectivity index (χ0) is 19.0. The Morgan fingerprint density at radius 3 is 2.78 bits per heavy atom. The Morgan fingerprint density at radius 1 is 1.22 bits per heavy atom. The van der Waals surface area contributed by atoms with E-state index in [0.717, 1.165) is 40.0 Å². The molecule has 0 radical (unpaired) electrons. The van der Waals surface area contributed by atoms with E-state index in [1.165, 1.54) is 28.7 Å². The fraction of sp³-hybridized carbons (Fsp3) is 0.368. The number of hydrogen-bond donors (Lipinski definition) is 0. The number of likely N-dealkylation sites (tertiary alicyclic amines) is 1. The fourth-order valence-electron chi connectivity index (χ4n) is 3.38. The van der Waals surface area contributed by atoms with Crippen molar-refractivity contribution in [3.8, 4) is 10.6 Å². The Labute approximate surface area is 164 Å². The number of thiazole rings is 1. The van der Waals surface area contributed by atoms with Crippen molar-refractivity contribution in [2.24, 2.45) is 0 Å². The molecule has 1 aliphatic rings. The van der Waals surface area contributed by atoms with Crippen LogP contribution < -0.4 is 0 Å². The SMILES string of the molecule is Cc1nc(C)c(C(=O)N2CCC[C@H](c3nnc(-c4ccccc4F)s3)C2)s1. The molecule has 0 saturated carbocycles. The average Bonchev–Trinajstić information content (AvgIpc) is 3.28. The van der Waals surface area contributed by atoms with Crippen LogP contribution in [-0.4, -0.2) is 39.1 Å². The molecule has 0 bridgehead atoms. The van der Waals surface area contributed by atoms with E-state index in [-0.39, 0.29) is 17.6 Å². The van der Waals surface area contributed by atoms with E-state index in [4.69, 9.17) is 0 Å². The number of halogens is 1. The molecule has 8 heteroatoms. The number of carbonyl (C=O) groups excluding carboxylic acids is 1. The van der Waals surface area contributed by atoms with Crippen molar-refractivity contribution in [3.05, 3.63) is 50.7 Å². The monoisotopic (exact) mass is 402 g/mol. The van der Waals surface area contributed by atoms with Gasteiger partial charge < -0.3 is 4.90 Å². The summed E-state index contributed by atoms with van der Waals surface area (Å²) in [5, 5.41) is 10.8. The van der Waals surface area contributed by atoms with Crippen LogP contribution in [0.5, 0.6) is 0 Å². The van der Waals surface area contributed by atoms with E-state index >= 15 is 0 Å². The van der Waals surface area contributed by atoms with Crippen LogP contribution in [0.15, 0.2) is 24.3 Å². The smallest absolute Gasteiger partial charge is 0.265 e. The molecule has 27 heavy (non-hydrogen) atoms. The predicted molar refractivity (Wildman–Crippen MR) is 105 cm³/mol. The highest BCUT2D eigenvalue weighted by atomic mass is 32.1. The first-order valence-corrected chi connectivity index (χ1v) is 10.5. The average molecular weight is 403 g/mol. The molecule has 1 fully saturated rings. The molecule has 2 aromatic heterocycles. The van der Waals surface area contributed by atoms with Gasteiger partial charge in [0.25, 0.3) is 5.91 Å². The summed E-state index contributed by atoms with van der Waals surface area (Å²) in [7, 11) is 0. The van der Waals surface area contributed by atoms with Gasteiger partial charge in [-0.25, -0.2) is 9.37 Å². The number of aromatic nitrogens is 3. The van der Waals surface area contributed by atoms with Gasteiger partial charge in [-0.3, -0.25) is 4.79 Å². The maximum atomic E-state index is 14.0. The van der Waals surface area contributed by atoms with Crippen LogP contribution in [0.2, 0.25) is 0 Å². The van der Waals surface area contributed by atoms with Gasteiger partial charge >= 0.3 is 0 Å². The molecule has 0 aliphatic carbocycles. The molecular formula is C19H19FN4OS2. The maximum Gasteiger partial charge on any atom is 0.265 e. The molecule has 1 saturated heterocycles. The lowest BCUT2D eigenvalue weighted by Gasteiger charge is -2.31. The predicted octanol–water partition coefficient (Wildman–Crippen LogP) is 4.44. The lowest BCUT2D eigenvalue weighted by Crippen LogP contribution is -2.39. The third-order valence-electron chi connectivity index (χ3n) is 4.70. The highest BCUT2D eigenvalue weighted by Crippen LogP contribution is 2.34.